The van der Waals surface area contributed by atoms with Crippen LogP contribution in [0, 0.1) is 5.82 Å². The molecule has 0 radical (unpaired) electrons. The zero-order valence-corrected chi connectivity index (χ0v) is 18.5. The average Bonchev–Trinajstić information content (AvgIpc) is 3.40. The first kappa shape index (κ1) is 20.4. The molecule has 32 heavy (non-hydrogen) atoms. The second kappa shape index (κ2) is 8.22. The summed E-state index contributed by atoms with van der Waals surface area (Å²) in [5.74, 6) is -0.773. The van der Waals surface area contributed by atoms with E-state index in [-0.39, 0.29) is 5.56 Å². The zero-order valence-electron chi connectivity index (χ0n) is 16.2. The molecule has 0 fully saturated rings. The third-order valence-corrected chi connectivity index (χ3v) is 5.53. The molecular formula is C23H13BrClFN4O2. The smallest absolute Gasteiger partial charge is 0.258 e. The van der Waals surface area contributed by atoms with Crippen molar-refractivity contribution in [3.63, 3.8) is 0 Å². The van der Waals surface area contributed by atoms with Gasteiger partial charge in [0.15, 0.2) is 5.58 Å². The fourth-order valence-electron chi connectivity index (χ4n) is 3.31. The molecule has 0 spiro atoms. The summed E-state index contributed by atoms with van der Waals surface area (Å²) in [5.41, 5.74) is 3.75. The Morgan fingerprint density at radius 2 is 2.00 bits per heavy atom. The second-order valence-corrected chi connectivity index (χ2v) is 8.30. The van der Waals surface area contributed by atoms with Gasteiger partial charge in [0, 0.05) is 20.7 Å². The Labute approximate surface area is 194 Å². The predicted octanol–water partition coefficient (Wildman–Crippen LogP) is 6.69. The highest BCUT2D eigenvalue weighted by Gasteiger charge is 2.17. The highest BCUT2D eigenvalue weighted by molar-refractivity contribution is 9.10. The molecule has 0 bridgehead atoms. The van der Waals surface area contributed by atoms with Crippen molar-refractivity contribution in [3.05, 3.63) is 87.7 Å². The molecule has 0 unspecified atom stereocenters. The van der Waals surface area contributed by atoms with E-state index in [4.69, 9.17) is 16.0 Å². The number of anilines is 1. The summed E-state index contributed by atoms with van der Waals surface area (Å²) in [6, 6.07) is 16.6. The van der Waals surface area contributed by atoms with Gasteiger partial charge < -0.3 is 9.73 Å². The first-order chi connectivity index (χ1) is 15.5. The number of hydrogen-bond acceptors (Lipinski definition) is 4. The summed E-state index contributed by atoms with van der Waals surface area (Å²) in [5, 5.41) is 10.4. The molecular weight excluding hydrogens is 499 g/mol. The summed E-state index contributed by atoms with van der Waals surface area (Å²) >= 11 is 9.22. The lowest BCUT2D eigenvalue weighted by Gasteiger charge is -2.08. The minimum atomic E-state index is -0.611. The molecule has 0 aliphatic carbocycles. The Hall–Kier alpha value is -3.49. The number of H-pyrrole nitrogens is 1. The SMILES string of the molecule is O=C(Nc1cccc(-c2[nH]ncc2-c2nc3cc(Cl)ccc3o2)c1)c1ccc(Br)cc1F. The van der Waals surface area contributed by atoms with Crippen LogP contribution < -0.4 is 5.32 Å². The molecule has 0 saturated carbocycles. The summed E-state index contributed by atoms with van der Waals surface area (Å²) in [6.45, 7) is 0. The van der Waals surface area contributed by atoms with Crippen molar-refractivity contribution in [3.8, 4) is 22.7 Å². The monoisotopic (exact) mass is 510 g/mol. The molecule has 6 nitrogen and oxygen atoms in total. The Balaban J connectivity index is 1.46. The molecule has 0 saturated heterocycles. The van der Waals surface area contributed by atoms with E-state index in [9.17, 15) is 9.18 Å². The Morgan fingerprint density at radius 1 is 1.12 bits per heavy atom. The number of aromatic nitrogens is 3. The molecule has 2 aromatic heterocycles. The van der Waals surface area contributed by atoms with Gasteiger partial charge >= 0.3 is 0 Å². The van der Waals surface area contributed by atoms with Crippen molar-refractivity contribution in [1.29, 1.82) is 0 Å². The number of carbonyl (C=O) groups excluding carboxylic acids is 1. The number of halogens is 3. The molecule has 2 heterocycles. The summed E-state index contributed by atoms with van der Waals surface area (Å²) in [7, 11) is 0. The van der Waals surface area contributed by atoms with Gasteiger partial charge in [-0.1, -0.05) is 39.7 Å². The quantitative estimate of drug-likeness (QED) is 0.281. The highest BCUT2D eigenvalue weighted by atomic mass is 79.9. The maximum atomic E-state index is 14.1. The number of amides is 1. The number of rotatable bonds is 4. The number of aromatic amines is 1. The van der Waals surface area contributed by atoms with Crippen molar-refractivity contribution < 1.29 is 13.6 Å². The summed E-state index contributed by atoms with van der Waals surface area (Å²) < 4.78 is 20.5. The van der Waals surface area contributed by atoms with Crippen LogP contribution in [-0.2, 0) is 0 Å². The number of hydrogen-bond donors (Lipinski definition) is 2. The lowest BCUT2D eigenvalue weighted by atomic mass is 10.1. The largest absolute Gasteiger partial charge is 0.436 e. The minimum absolute atomic E-state index is 0.0500. The van der Waals surface area contributed by atoms with Crippen LogP contribution in [0.4, 0.5) is 10.1 Å². The Kier molecular flexibility index (Phi) is 5.24. The fourth-order valence-corrected chi connectivity index (χ4v) is 3.81. The predicted molar refractivity (Wildman–Crippen MR) is 124 cm³/mol. The molecule has 3 aromatic carbocycles. The topological polar surface area (TPSA) is 83.8 Å². The van der Waals surface area contributed by atoms with Crippen LogP contribution in [-0.4, -0.2) is 21.1 Å². The average molecular weight is 512 g/mol. The van der Waals surface area contributed by atoms with Gasteiger partial charge in [0.1, 0.15) is 11.3 Å². The van der Waals surface area contributed by atoms with Gasteiger partial charge in [-0.25, -0.2) is 9.37 Å². The molecule has 5 rings (SSSR count). The van der Waals surface area contributed by atoms with Crippen LogP contribution in [0.3, 0.4) is 0 Å². The van der Waals surface area contributed by atoms with E-state index < -0.39 is 11.7 Å². The number of benzene rings is 3. The number of nitrogens with zero attached hydrogens (tertiary/aromatic N) is 2. The van der Waals surface area contributed by atoms with Crippen molar-refractivity contribution in [2.75, 3.05) is 5.32 Å². The van der Waals surface area contributed by atoms with Crippen molar-refractivity contribution >= 4 is 50.2 Å². The first-order valence-electron chi connectivity index (χ1n) is 9.44. The van der Waals surface area contributed by atoms with E-state index >= 15 is 0 Å². The van der Waals surface area contributed by atoms with E-state index in [1.807, 2.05) is 6.07 Å². The maximum absolute atomic E-state index is 14.1. The van der Waals surface area contributed by atoms with Gasteiger partial charge in [0.2, 0.25) is 5.89 Å². The van der Waals surface area contributed by atoms with E-state index in [0.717, 1.165) is 5.56 Å². The second-order valence-electron chi connectivity index (χ2n) is 6.95. The van der Waals surface area contributed by atoms with Gasteiger partial charge in [-0.2, -0.15) is 5.10 Å². The number of oxazole rings is 1. The maximum Gasteiger partial charge on any atom is 0.258 e. The van der Waals surface area contributed by atoms with E-state index in [1.165, 1.54) is 12.1 Å². The molecule has 158 valence electrons. The van der Waals surface area contributed by atoms with E-state index in [2.05, 4.69) is 36.4 Å². The third kappa shape index (κ3) is 3.90. The lowest BCUT2D eigenvalue weighted by molar-refractivity contribution is 0.102. The zero-order chi connectivity index (χ0) is 22.2. The van der Waals surface area contributed by atoms with Gasteiger partial charge in [-0.15, -0.1) is 0 Å². The van der Waals surface area contributed by atoms with Crippen molar-refractivity contribution in [1.82, 2.24) is 15.2 Å². The molecule has 2 N–H and O–H groups in total. The summed E-state index contributed by atoms with van der Waals surface area (Å²) in [6.07, 6.45) is 1.62. The number of carbonyl (C=O) groups is 1. The van der Waals surface area contributed by atoms with Gasteiger partial charge in [-0.3, -0.25) is 9.89 Å². The molecule has 0 atom stereocenters. The summed E-state index contributed by atoms with van der Waals surface area (Å²) in [4.78, 5) is 17.0. The molecule has 9 heteroatoms. The first-order valence-corrected chi connectivity index (χ1v) is 10.6. The lowest BCUT2D eigenvalue weighted by Crippen LogP contribution is -2.13. The minimum Gasteiger partial charge on any atom is -0.436 e. The molecule has 5 aromatic rings. The van der Waals surface area contributed by atoms with Crippen LogP contribution in [0.2, 0.25) is 5.02 Å². The van der Waals surface area contributed by atoms with E-state index in [1.54, 1.807) is 48.7 Å². The van der Waals surface area contributed by atoms with Crippen LogP contribution >= 0.6 is 27.5 Å². The fraction of sp³-hybridized carbons (Fsp3) is 0. The third-order valence-electron chi connectivity index (χ3n) is 4.80. The molecule has 0 aliphatic heterocycles. The Bertz CT molecular complexity index is 1480. The highest BCUT2D eigenvalue weighted by Crippen LogP contribution is 2.33. The van der Waals surface area contributed by atoms with Crippen LogP contribution in [0.1, 0.15) is 10.4 Å². The number of nitrogens with one attached hydrogen (secondary N) is 2. The number of fused-ring (bicyclic) bond motifs is 1. The van der Waals surface area contributed by atoms with Crippen LogP contribution in [0.15, 0.2) is 75.8 Å². The normalized spacial score (nSPS) is 11.1. The van der Waals surface area contributed by atoms with Gasteiger partial charge in [-0.05, 0) is 48.5 Å². The van der Waals surface area contributed by atoms with Crippen LogP contribution in [0.25, 0.3) is 33.8 Å². The molecule has 1 amide bonds. The van der Waals surface area contributed by atoms with E-state index in [0.29, 0.717) is 43.4 Å². The molecule has 0 aliphatic rings. The van der Waals surface area contributed by atoms with Crippen molar-refractivity contribution in [2.24, 2.45) is 0 Å². The van der Waals surface area contributed by atoms with Gasteiger partial charge in [0.25, 0.3) is 5.91 Å². The van der Waals surface area contributed by atoms with Crippen LogP contribution in [0.5, 0.6) is 0 Å². The van der Waals surface area contributed by atoms with Crippen molar-refractivity contribution in [2.45, 2.75) is 0 Å². The van der Waals surface area contributed by atoms with Gasteiger partial charge in [0.05, 0.1) is 23.0 Å². The Morgan fingerprint density at radius 3 is 2.84 bits per heavy atom. The standard InChI is InChI=1S/C23H13BrClFN4O2/c24-13-4-6-16(18(26)9-13)22(31)28-15-3-1-2-12(8-15)21-17(11-27-30-21)23-29-19-10-14(25)5-7-20(19)32-23/h1-11H,(H,27,30)(H,28,31).